The number of para-hydroxylation sites is 1. The third-order valence-electron chi connectivity index (χ3n) is 3.63. The lowest BCUT2D eigenvalue weighted by atomic mass is 10.2. The minimum absolute atomic E-state index is 0.114. The molecule has 2 rings (SSSR count). The van der Waals surface area contributed by atoms with Gasteiger partial charge < -0.3 is 14.4 Å². The lowest BCUT2D eigenvalue weighted by Crippen LogP contribution is -2.34. The van der Waals surface area contributed by atoms with Crippen molar-refractivity contribution in [3.05, 3.63) is 64.2 Å². The van der Waals surface area contributed by atoms with Gasteiger partial charge in [-0.15, -0.1) is 0 Å². The second kappa shape index (κ2) is 8.61. The van der Waals surface area contributed by atoms with Crippen LogP contribution < -0.4 is 9.64 Å². The van der Waals surface area contributed by atoms with E-state index in [-0.39, 0.29) is 17.0 Å². The van der Waals surface area contributed by atoms with Crippen LogP contribution in [0.4, 0.5) is 11.4 Å². The van der Waals surface area contributed by atoms with E-state index in [2.05, 4.69) is 0 Å². The number of amides is 1. The standard InChI is InChI=1S/C18H18N2O6/c1-3-19(13-7-5-4-6-8-13)17(21)12-26-18(22)15-11-14(20(23)24)9-10-16(15)25-2/h4-11H,3,12H2,1-2H3. The molecule has 0 spiro atoms. The van der Waals surface area contributed by atoms with Gasteiger partial charge in [0.25, 0.3) is 11.6 Å². The number of likely N-dealkylation sites (N-methyl/N-ethyl adjacent to an activating group) is 1. The average molecular weight is 358 g/mol. The normalized spacial score (nSPS) is 10.1. The monoisotopic (exact) mass is 358 g/mol. The lowest BCUT2D eigenvalue weighted by molar-refractivity contribution is -0.384. The van der Waals surface area contributed by atoms with Crippen LogP contribution in [-0.4, -0.2) is 37.1 Å². The molecule has 2 aromatic rings. The van der Waals surface area contributed by atoms with E-state index in [0.717, 1.165) is 6.07 Å². The molecule has 0 unspecified atom stereocenters. The molecule has 2 aromatic carbocycles. The molecule has 0 aliphatic heterocycles. The number of hydrogen-bond donors (Lipinski definition) is 0. The molecule has 0 bridgehead atoms. The minimum Gasteiger partial charge on any atom is -0.496 e. The topological polar surface area (TPSA) is 99.0 Å². The zero-order valence-electron chi connectivity index (χ0n) is 14.4. The summed E-state index contributed by atoms with van der Waals surface area (Å²) in [6.07, 6.45) is 0. The number of esters is 1. The number of methoxy groups -OCH3 is 1. The highest BCUT2D eigenvalue weighted by Crippen LogP contribution is 2.24. The smallest absolute Gasteiger partial charge is 0.342 e. The minimum atomic E-state index is -0.872. The molecule has 0 aliphatic rings. The van der Waals surface area contributed by atoms with E-state index in [0.29, 0.717) is 12.2 Å². The van der Waals surface area contributed by atoms with Crippen molar-refractivity contribution in [1.82, 2.24) is 0 Å². The molecule has 0 aromatic heterocycles. The van der Waals surface area contributed by atoms with Crippen molar-refractivity contribution in [2.45, 2.75) is 6.92 Å². The maximum Gasteiger partial charge on any atom is 0.342 e. The summed E-state index contributed by atoms with van der Waals surface area (Å²) in [5, 5.41) is 10.9. The second-order valence-corrected chi connectivity index (χ2v) is 5.19. The fourth-order valence-electron chi connectivity index (χ4n) is 2.36. The first-order chi connectivity index (χ1) is 12.5. The molecule has 136 valence electrons. The third kappa shape index (κ3) is 4.35. The molecule has 1 amide bonds. The number of benzene rings is 2. The molecule has 0 aliphatic carbocycles. The highest BCUT2D eigenvalue weighted by Gasteiger charge is 2.21. The number of ether oxygens (including phenoxy) is 2. The molecule has 0 fully saturated rings. The van der Waals surface area contributed by atoms with Crippen LogP contribution in [0.25, 0.3) is 0 Å². The van der Waals surface area contributed by atoms with Crippen molar-refractivity contribution in [3.63, 3.8) is 0 Å². The number of carbonyl (C=O) groups excluding carboxylic acids is 2. The number of rotatable bonds is 7. The van der Waals surface area contributed by atoms with Crippen LogP contribution in [0.3, 0.4) is 0 Å². The summed E-state index contributed by atoms with van der Waals surface area (Å²) < 4.78 is 10.1. The summed E-state index contributed by atoms with van der Waals surface area (Å²) in [4.78, 5) is 36.3. The first-order valence-corrected chi connectivity index (χ1v) is 7.82. The van der Waals surface area contributed by atoms with Gasteiger partial charge in [0.15, 0.2) is 6.61 Å². The number of anilines is 1. The zero-order chi connectivity index (χ0) is 19.1. The van der Waals surface area contributed by atoms with Gasteiger partial charge in [-0.3, -0.25) is 14.9 Å². The van der Waals surface area contributed by atoms with Gasteiger partial charge in [-0.25, -0.2) is 4.79 Å². The SMILES string of the molecule is CCN(C(=O)COC(=O)c1cc([N+](=O)[O-])ccc1OC)c1ccccc1. The summed E-state index contributed by atoms with van der Waals surface area (Å²) in [6, 6.07) is 12.5. The molecular weight excluding hydrogens is 340 g/mol. The van der Waals surface area contributed by atoms with Crippen molar-refractivity contribution in [1.29, 1.82) is 0 Å². The van der Waals surface area contributed by atoms with E-state index in [9.17, 15) is 19.7 Å². The Bertz CT molecular complexity index is 807. The number of nitro benzene ring substituents is 1. The van der Waals surface area contributed by atoms with Crippen molar-refractivity contribution < 1.29 is 24.0 Å². The summed E-state index contributed by atoms with van der Waals surface area (Å²) in [5.74, 6) is -1.15. The van der Waals surface area contributed by atoms with E-state index < -0.39 is 23.4 Å². The largest absolute Gasteiger partial charge is 0.496 e. The zero-order valence-corrected chi connectivity index (χ0v) is 14.4. The van der Waals surface area contributed by atoms with Gasteiger partial charge in [0.1, 0.15) is 11.3 Å². The molecule has 0 N–H and O–H groups in total. The maximum atomic E-state index is 12.3. The van der Waals surface area contributed by atoms with Crippen LogP contribution >= 0.6 is 0 Å². The highest BCUT2D eigenvalue weighted by molar-refractivity contribution is 5.98. The molecule has 0 atom stereocenters. The predicted molar refractivity (Wildman–Crippen MR) is 94.4 cm³/mol. The van der Waals surface area contributed by atoms with Gasteiger partial charge in [-0.2, -0.15) is 0 Å². The molecule has 0 saturated carbocycles. The second-order valence-electron chi connectivity index (χ2n) is 5.19. The summed E-state index contributed by atoms with van der Waals surface area (Å²) in [6.45, 7) is 1.71. The van der Waals surface area contributed by atoms with Crippen LogP contribution in [0, 0.1) is 10.1 Å². The number of nitrogens with zero attached hydrogens (tertiary/aromatic N) is 2. The highest BCUT2D eigenvalue weighted by atomic mass is 16.6. The Labute approximate surface area is 150 Å². The average Bonchev–Trinajstić information content (AvgIpc) is 2.66. The summed E-state index contributed by atoms with van der Waals surface area (Å²) in [7, 11) is 1.33. The molecule has 0 saturated heterocycles. The van der Waals surface area contributed by atoms with Gasteiger partial charge >= 0.3 is 5.97 Å². The van der Waals surface area contributed by atoms with E-state index in [1.807, 2.05) is 6.07 Å². The number of nitro groups is 1. The number of non-ortho nitro benzene ring substituents is 1. The Kier molecular flexibility index (Phi) is 6.26. The predicted octanol–water partition coefficient (Wildman–Crippen LogP) is 2.81. The van der Waals surface area contributed by atoms with E-state index >= 15 is 0 Å². The van der Waals surface area contributed by atoms with Crippen molar-refractivity contribution >= 4 is 23.3 Å². The van der Waals surface area contributed by atoms with E-state index in [4.69, 9.17) is 9.47 Å². The summed E-state index contributed by atoms with van der Waals surface area (Å²) in [5.41, 5.74) is 0.296. The molecule has 0 heterocycles. The molecule has 26 heavy (non-hydrogen) atoms. The quantitative estimate of drug-likeness (QED) is 0.429. The Morgan fingerprint density at radius 3 is 2.42 bits per heavy atom. The van der Waals surface area contributed by atoms with Crippen molar-refractivity contribution in [3.8, 4) is 5.75 Å². The Morgan fingerprint density at radius 2 is 1.85 bits per heavy atom. The van der Waals surface area contributed by atoms with Crippen LogP contribution in [-0.2, 0) is 9.53 Å². The van der Waals surface area contributed by atoms with Crippen LogP contribution in [0.1, 0.15) is 17.3 Å². The fourth-order valence-corrected chi connectivity index (χ4v) is 2.36. The number of carbonyl (C=O) groups is 2. The van der Waals surface area contributed by atoms with E-state index in [1.165, 1.54) is 24.1 Å². The Morgan fingerprint density at radius 1 is 1.15 bits per heavy atom. The Balaban J connectivity index is 2.11. The van der Waals surface area contributed by atoms with Crippen LogP contribution in [0.2, 0.25) is 0 Å². The number of hydrogen-bond acceptors (Lipinski definition) is 6. The molecular formula is C18H18N2O6. The first kappa shape index (κ1) is 18.9. The van der Waals surface area contributed by atoms with Crippen molar-refractivity contribution in [2.75, 3.05) is 25.2 Å². The lowest BCUT2D eigenvalue weighted by Gasteiger charge is -2.20. The van der Waals surface area contributed by atoms with Crippen LogP contribution in [0.15, 0.2) is 48.5 Å². The molecule has 0 radical (unpaired) electrons. The maximum absolute atomic E-state index is 12.3. The van der Waals surface area contributed by atoms with Gasteiger partial charge in [0, 0.05) is 24.4 Å². The molecule has 8 nitrogen and oxygen atoms in total. The van der Waals surface area contributed by atoms with Crippen LogP contribution in [0.5, 0.6) is 5.75 Å². The first-order valence-electron chi connectivity index (χ1n) is 7.82. The summed E-state index contributed by atoms with van der Waals surface area (Å²) >= 11 is 0. The third-order valence-corrected chi connectivity index (χ3v) is 3.63. The van der Waals surface area contributed by atoms with Crippen molar-refractivity contribution in [2.24, 2.45) is 0 Å². The van der Waals surface area contributed by atoms with Gasteiger partial charge in [-0.1, -0.05) is 18.2 Å². The fraction of sp³-hybridized carbons (Fsp3) is 0.222. The van der Waals surface area contributed by atoms with Gasteiger partial charge in [0.2, 0.25) is 0 Å². The van der Waals surface area contributed by atoms with E-state index in [1.54, 1.807) is 31.2 Å². The molecule has 8 heteroatoms. The van der Waals surface area contributed by atoms with Gasteiger partial charge in [0.05, 0.1) is 12.0 Å². The Hall–Kier alpha value is -3.42. The van der Waals surface area contributed by atoms with Gasteiger partial charge in [-0.05, 0) is 25.1 Å².